The molecule has 0 aromatic heterocycles. The number of nitrogens with zero attached hydrogens (tertiary/aromatic N) is 1. The first-order chi connectivity index (χ1) is 9.59. The second kappa shape index (κ2) is 6.69. The van der Waals surface area contributed by atoms with Crippen LogP contribution in [0.3, 0.4) is 0 Å². The molecule has 1 fully saturated rings. The molecule has 1 aromatic carbocycles. The van der Waals surface area contributed by atoms with Crippen LogP contribution in [0.4, 0.5) is 0 Å². The molecule has 2 atom stereocenters. The molecule has 0 spiro atoms. The molecule has 0 unspecified atom stereocenters. The predicted octanol–water partition coefficient (Wildman–Crippen LogP) is 3.18. The van der Waals surface area contributed by atoms with Crippen LogP contribution >= 0.6 is 0 Å². The molecule has 0 bridgehead atoms. The van der Waals surface area contributed by atoms with Crippen LogP contribution in [-0.4, -0.2) is 22.6 Å². The van der Waals surface area contributed by atoms with Crippen molar-refractivity contribution in [2.45, 2.75) is 52.1 Å². The zero-order chi connectivity index (χ0) is 14.5. The standard InChI is InChI=1S/C17H23NO2/c1-13(19)16-10-6-7-11-17(16)18(14(2)20)12-15-8-4-3-5-9-15/h3-5,8-9,16-17H,6-7,10-12H2,1-2H3/t16-,17-/m1/s1. The Morgan fingerprint density at radius 2 is 1.75 bits per heavy atom. The molecule has 20 heavy (non-hydrogen) atoms. The first-order valence-electron chi connectivity index (χ1n) is 7.41. The highest BCUT2D eigenvalue weighted by atomic mass is 16.2. The number of ketones is 1. The lowest BCUT2D eigenvalue weighted by atomic mass is 9.81. The Balaban J connectivity index is 2.18. The fourth-order valence-electron chi connectivity index (χ4n) is 3.20. The van der Waals surface area contributed by atoms with Gasteiger partial charge in [0.2, 0.25) is 5.91 Å². The molecule has 3 heteroatoms. The van der Waals surface area contributed by atoms with Gasteiger partial charge in [0.25, 0.3) is 0 Å². The fourth-order valence-corrected chi connectivity index (χ4v) is 3.20. The zero-order valence-electron chi connectivity index (χ0n) is 12.3. The van der Waals surface area contributed by atoms with Gasteiger partial charge in [-0.05, 0) is 25.3 Å². The van der Waals surface area contributed by atoms with Crippen molar-refractivity contribution in [3.8, 4) is 0 Å². The lowest BCUT2D eigenvalue weighted by Crippen LogP contribution is -2.46. The summed E-state index contributed by atoms with van der Waals surface area (Å²) in [6, 6.07) is 10.1. The Labute approximate surface area is 121 Å². The molecule has 1 amide bonds. The maximum Gasteiger partial charge on any atom is 0.220 e. The van der Waals surface area contributed by atoms with Crippen LogP contribution in [0.1, 0.15) is 45.1 Å². The molecule has 0 N–H and O–H groups in total. The second-order valence-corrected chi connectivity index (χ2v) is 5.70. The van der Waals surface area contributed by atoms with Gasteiger partial charge in [0.1, 0.15) is 5.78 Å². The number of benzene rings is 1. The summed E-state index contributed by atoms with van der Waals surface area (Å²) in [4.78, 5) is 25.8. The van der Waals surface area contributed by atoms with Gasteiger partial charge < -0.3 is 4.90 Å². The van der Waals surface area contributed by atoms with Crippen LogP contribution in [0.2, 0.25) is 0 Å². The summed E-state index contributed by atoms with van der Waals surface area (Å²) in [5, 5.41) is 0. The van der Waals surface area contributed by atoms with E-state index in [4.69, 9.17) is 0 Å². The minimum absolute atomic E-state index is 0.0105. The molecular formula is C17H23NO2. The monoisotopic (exact) mass is 273 g/mol. The SMILES string of the molecule is CC(=O)[C@H]1CCCC[C@H]1N(Cc1ccccc1)C(C)=O. The first kappa shape index (κ1) is 14.8. The highest BCUT2D eigenvalue weighted by molar-refractivity contribution is 5.81. The molecule has 1 aromatic rings. The van der Waals surface area contributed by atoms with Gasteiger partial charge in [-0.25, -0.2) is 0 Å². The minimum Gasteiger partial charge on any atom is -0.335 e. The van der Waals surface area contributed by atoms with Gasteiger partial charge in [-0.15, -0.1) is 0 Å². The Bertz CT molecular complexity index is 469. The van der Waals surface area contributed by atoms with Crippen LogP contribution in [0.15, 0.2) is 30.3 Å². The zero-order valence-corrected chi connectivity index (χ0v) is 12.3. The van der Waals surface area contributed by atoms with E-state index in [1.54, 1.807) is 13.8 Å². The predicted molar refractivity (Wildman–Crippen MR) is 79.1 cm³/mol. The number of hydrogen-bond acceptors (Lipinski definition) is 2. The average molecular weight is 273 g/mol. The molecule has 0 radical (unpaired) electrons. The molecule has 0 aliphatic heterocycles. The van der Waals surface area contributed by atoms with E-state index in [-0.39, 0.29) is 23.7 Å². The number of amides is 1. The molecule has 1 aliphatic rings. The van der Waals surface area contributed by atoms with Gasteiger partial charge in [-0.3, -0.25) is 9.59 Å². The maximum atomic E-state index is 12.0. The van der Waals surface area contributed by atoms with Crippen molar-refractivity contribution in [1.29, 1.82) is 0 Å². The number of hydrogen-bond donors (Lipinski definition) is 0. The summed E-state index contributed by atoms with van der Waals surface area (Å²) in [6.45, 7) is 3.86. The number of rotatable bonds is 4. The van der Waals surface area contributed by atoms with Crippen molar-refractivity contribution in [2.75, 3.05) is 0 Å². The second-order valence-electron chi connectivity index (χ2n) is 5.70. The van der Waals surface area contributed by atoms with Crippen molar-refractivity contribution in [3.63, 3.8) is 0 Å². The first-order valence-corrected chi connectivity index (χ1v) is 7.41. The maximum absolute atomic E-state index is 12.0. The molecule has 3 nitrogen and oxygen atoms in total. The smallest absolute Gasteiger partial charge is 0.220 e. The fraction of sp³-hybridized carbons (Fsp3) is 0.529. The molecule has 1 aliphatic carbocycles. The van der Waals surface area contributed by atoms with Gasteiger partial charge in [0.05, 0.1) is 0 Å². The van der Waals surface area contributed by atoms with E-state index in [1.165, 1.54) is 0 Å². The van der Waals surface area contributed by atoms with E-state index < -0.39 is 0 Å². The van der Waals surface area contributed by atoms with Crippen LogP contribution in [-0.2, 0) is 16.1 Å². The molecular weight excluding hydrogens is 250 g/mol. The molecule has 2 rings (SSSR count). The van der Waals surface area contributed by atoms with E-state index in [9.17, 15) is 9.59 Å². The third kappa shape index (κ3) is 3.47. The summed E-state index contributed by atoms with van der Waals surface area (Å²) in [5.41, 5.74) is 1.12. The van der Waals surface area contributed by atoms with Gasteiger partial charge in [0.15, 0.2) is 0 Å². The molecule has 0 heterocycles. The van der Waals surface area contributed by atoms with E-state index in [0.717, 1.165) is 31.2 Å². The highest BCUT2D eigenvalue weighted by Gasteiger charge is 2.34. The quantitative estimate of drug-likeness (QED) is 0.845. The largest absolute Gasteiger partial charge is 0.335 e. The normalized spacial score (nSPS) is 22.3. The number of Topliss-reactive ketones (excluding diaryl/α,β-unsaturated/α-hetero) is 1. The third-order valence-electron chi connectivity index (χ3n) is 4.25. The Kier molecular flexibility index (Phi) is 4.94. The Morgan fingerprint density at radius 1 is 1.10 bits per heavy atom. The van der Waals surface area contributed by atoms with E-state index in [0.29, 0.717) is 6.54 Å². The van der Waals surface area contributed by atoms with Crippen molar-refractivity contribution in [2.24, 2.45) is 5.92 Å². The number of carbonyl (C=O) groups excluding carboxylic acids is 2. The Morgan fingerprint density at radius 3 is 2.35 bits per heavy atom. The number of carbonyl (C=O) groups is 2. The van der Waals surface area contributed by atoms with Crippen LogP contribution in [0.25, 0.3) is 0 Å². The van der Waals surface area contributed by atoms with Crippen molar-refractivity contribution < 1.29 is 9.59 Å². The molecule has 108 valence electrons. The van der Waals surface area contributed by atoms with Gasteiger partial charge in [-0.2, -0.15) is 0 Å². The third-order valence-corrected chi connectivity index (χ3v) is 4.25. The van der Waals surface area contributed by atoms with E-state index in [2.05, 4.69) is 0 Å². The summed E-state index contributed by atoms with van der Waals surface area (Å²) in [6.07, 6.45) is 4.06. The van der Waals surface area contributed by atoms with Crippen LogP contribution in [0, 0.1) is 5.92 Å². The topological polar surface area (TPSA) is 37.4 Å². The Hall–Kier alpha value is -1.64. The minimum atomic E-state index is 0.0105. The molecule has 0 saturated heterocycles. The highest BCUT2D eigenvalue weighted by Crippen LogP contribution is 2.30. The summed E-state index contributed by atoms with van der Waals surface area (Å²) in [5.74, 6) is 0.289. The average Bonchev–Trinajstić information content (AvgIpc) is 2.45. The lowest BCUT2D eigenvalue weighted by molar-refractivity contribution is -0.136. The van der Waals surface area contributed by atoms with Crippen molar-refractivity contribution in [1.82, 2.24) is 4.90 Å². The van der Waals surface area contributed by atoms with E-state index >= 15 is 0 Å². The summed E-state index contributed by atoms with van der Waals surface area (Å²) >= 11 is 0. The van der Waals surface area contributed by atoms with E-state index in [1.807, 2.05) is 35.2 Å². The van der Waals surface area contributed by atoms with Gasteiger partial charge >= 0.3 is 0 Å². The summed E-state index contributed by atoms with van der Waals surface area (Å²) in [7, 11) is 0. The molecule has 1 saturated carbocycles. The van der Waals surface area contributed by atoms with Crippen LogP contribution in [0.5, 0.6) is 0 Å². The van der Waals surface area contributed by atoms with Gasteiger partial charge in [-0.1, -0.05) is 43.2 Å². The van der Waals surface area contributed by atoms with Gasteiger partial charge in [0, 0.05) is 25.4 Å². The van der Waals surface area contributed by atoms with Crippen molar-refractivity contribution >= 4 is 11.7 Å². The van der Waals surface area contributed by atoms with Crippen LogP contribution < -0.4 is 0 Å². The lowest BCUT2D eigenvalue weighted by Gasteiger charge is -2.38. The van der Waals surface area contributed by atoms with Crippen molar-refractivity contribution in [3.05, 3.63) is 35.9 Å². The summed E-state index contributed by atoms with van der Waals surface area (Å²) < 4.78 is 0.